The molecular weight excluding hydrogens is 472 g/mol. The molecule has 0 spiro atoms. The molecule has 1 N–H and O–H groups in total. The normalized spacial score (nSPS) is 17.4. The van der Waals surface area contributed by atoms with Crippen LogP contribution in [0.15, 0.2) is 29.2 Å². The largest absolute Gasteiger partial charge is 0.320 e. The quantitative estimate of drug-likeness (QED) is 0.582. The summed E-state index contributed by atoms with van der Waals surface area (Å²) >= 11 is 7.14. The van der Waals surface area contributed by atoms with E-state index < -0.39 is 10.0 Å². The molecule has 32 heavy (non-hydrogen) atoms. The van der Waals surface area contributed by atoms with Crippen molar-refractivity contribution in [1.29, 1.82) is 0 Å². The second-order valence-electron chi connectivity index (χ2n) is 7.74. The van der Waals surface area contributed by atoms with Crippen molar-refractivity contribution in [2.24, 2.45) is 7.05 Å². The number of aromatic nitrogens is 4. The molecule has 1 aliphatic heterocycles. The first kappa shape index (κ1) is 22.8. The predicted octanol–water partition coefficient (Wildman–Crippen LogP) is 3.36. The van der Waals surface area contributed by atoms with Crippen LogP contribution in [-0.4, -0.2) is 51.7 Å². The zero-order chi connectivity index (χ0) is 23.0. The summed E-state index contributed by atoms with van der Waals surface area (Å²) in [6, 6.07) is 6.84. The van der Waals surface area contributed by atoms with Gasteiger partial charge in [-0.3, -0.25) is 9.48 Å². The number of carbonyl (C=O) groups excluding carboxylic acids is 1. The first-order valence-electron chi connectivity index (χ1n) is 10.1. The highest BCUT2D eigenvalue weighted by molar-refractivity contribution is 7.89. The molecule has 0 radical (unpaired) electrons. The molecule has 1 aromatic carbocycles. The molecule has 1 fully saturated rings. The van der Waals surface area contributed by atoms with Gasteiger partial charge in [0, 0.05) is 36.8 Å². The number of anilines is 1. The summed E-state index contributed by atoms with van der Waals surface area (Å²) in [5, 5.41) is 16.6. The lowest BCUT2D eigenvalue weighted by Crippen LogP contribution is -2.39. The number of nitrogens with zero attached hydrogens (tertiary/aromatic N) is 5. The fraction of sp³-hybridized carbons (Fsp3) is 0.400. The zero-order valence-corrected chi connectivity index (χ0v) is 20.3. The van der Waals surface area contributed by atoms with Crippen molar-refractivity contribution in [3.8, 4) is 0 Å². The Morgan fingerprint density at radius 3 is 2.75 bits per heavy atom. The molecule has 1 aliphatic rings. The SMILES string of the molecule is Cc1nn(C)c(C)c1S(=O)(=O)N1CCCC(c2nnc(C(=O)Nc3cccc(Cl)c3)s2)C1. The number of hydrogen-bond donors (Lipinski definition) is 1. The third-order valence-corrected chi connectivity index (χ3v) is 8.93. The summed E-state index contributed by atoms with van der Waals surface area (Å²) in [7, 11) is -1.95. The van der Waals surface area contributed by atoms with Gasteiger partial charge in [-0.25, -0.2) is 8.42 Å². The van der Waals surface area contributed by atoms with Crippen molar-refractivity contribution in [2.75, 3.05) is 18.4 Å². The Balaban J connectivity index is 1.50. The van der Waals surface area contributed by atoms with Crippen LogP contribution in [0.3, 0.4) is 0 Å². The summed E-state index contributed by atoms with van der Waals surface area (Å²) in [5.74, 6) is -0.501. The Kier molecular flexibility index (Phi) is 6.35. The molecule has 1 unspecified atom stereocenters. The summed E-state index contributed by atoms with van der Waals surface area (Å²) < 4.78 is 29.7. The van der Waals surface area contributed by atoms with Gasteiger partial charge in [0.2, 0.25) is 15.0 Å². The van der Waals surface area contributed by atoms with Gasteiger partial charge in [0.25, 0.3) is 5.91 Å². The first-order valence-corrected chi connectivity index (χ1v) is 12.7. The van der Waals surface area contributed by atoms with E-state index in [0.29, 0.717) is 46.6 Å². The van der Waals surface area contributed by atoms with E-state index in [0.717, 1.165) is 6.42 Å². The highest BCUT2D eigenvalue weighted by Crippen LogP contribution is 2.33. The maximum atomic E-state index is 13.3. The predicted molar refractivity (Wildman–Crippen MR) is 123 cm³/mol. The van der Waals surface area contributed by atoms with E-state index in [-0.39, 0.29) is 21.7 Å². The van der Waals surface area contributed by atoms with Crippen LogP contribution in [0.1, 0.15) is 45.0 Å². The fourth-order valence-corrected chi connectivity index (χ4v) is 6.84. The zero-order valence-electron chi connectivity index (χ0n) is 17.9. The Labute approximate surface area is 195 Å². The van der Waals surface area contributed by atoms with Crippen LogP contribution >= 0.6 is 22.9 Å². The topological polar surface area (TPSA) is 110 Å². The van der Waals surface area contributed by atoms with Crippen LogP contribution in [0.4, 0.5) is 5.69 Å². The molecule has 2 aromatic heterocycles. The maximum absolute atomic E-state index is 13.3. The lowest BCUT2D eigenvalue weighted by Gasteiger charge is -2.30. The molecule has 170 valence electrons. The maximum Gasteiger partial charge on any atom is 0.286 e. The number of rotatable bonds is 5. The minimum Gasteiger partial charge on any atom is -0.320 e. The van der Waals surface area contributed by atoms with Gasteiger partial charge in [-0.2, -0.15) is 9.40 Å². The van der Waals surface area contributed by atoms with Crippen LogP contribution in [0.2, 0.25) is 5.02 Å². The number of halogens is 1. The fourth-order valence-electron chi connectivity index (χ4n) is 3.86. The molecule has 1 saturated heterocycles. The monoisotopic (exact) mass is 494 g/mol. The third kappa shape index (κ3) is 4.42. The van der Waals surface area contributed by atoms with E-state index in [1.807, 2.05) is 0 Å². The minimum atomic E-state index is -3.68. The Morgan fingerprint density at radius 2 is 2.06 bits per heavy atom. The molecule has 12 heteroatoms. The van der Waals surface area contributed by atoms with Gasteiger partial charge in [-0.1, -0.05) is 29.0 Å². The number of benzene rings is 1. The van der Waals surface area contributed by atoms with Crippen LogP contribution in [0.25, 0.3) is 0 Å². The van der Waals surface area contributed by atoms with E-state index in [1.165, 1.54) is 15.6 Å². The van der Waals surface area contributed by atoms with Gasteiger partial charge < -0.3 is 5.32 Å². The van der Waals surface area contributed by atoms with E-state index in [2.05, 4.69) is 20.6 Å². The van der Waals surface area contributed by atoms with E-state index >= 15 is 0 Å². The highest BCUT2D eigenvalue weighted by atomic mass is 35.5. The van der Waals surface area contributed by atoms with Crippen LogP contribution in [-0.2, 0) is 17.1 Å². The summed E-state index contributed by atoms with van der Waals surface area (Å²) in [6.45, 7) is 4.19. The van der Waals surface area contributed by atoms with Crippen molar-refractivity contribution in [3.63, 3.8) is 0 Å². The number of aryl methyl sites for hydroxylation is 2. The molecule has 0 saturated carbocycles. The van der Waals surface area contributed by atoms with Crippen molar-refractivity contribution < 1.29 is 13.2 Å². The molecule has 3 heterocycles. The molecule has 4 rings (SSSR count). The van der Waals surface area contributed by atoms with E-state index in [4.69, 9.17) is 11.6 Å². The average Bonchev–Trinajstić information content (AvgIpc) is 3.33. The number of carbonyl (C=O) groups is 1. The molecule has 0 bridgehead atoms. The lowest BCUT2D eigenvalue weighted by atomic mass is 10.0. The van der Waals surface area contributed by atoms with E-state index in [9.17, 15) is 13.2 Å². The van der Waals surface area contributed by atoms with E-state index in [1.54, 1.807) is 49.8 Å². The number of nitrogens with one attached hydrogen (secondary N) is 1. The Morgan fingerprint density at radius 1 is 1.28 bits per heavy atom. The van der Waals surface area contributed by atoms with Crippen molar-refractivity contribution in [1.82, 2.24) is 24.3 Å². The lowest BCUT2D eigenvalue weighted by molar-refractivity contribution is 0.102. The van der Waals surface area contributed by atoms with Gasteiger partial charge in [0.1, 0.15) is 9.90 Å². The number of piperidine rings is 1. The van der Waals surface area contributed by atoms with Crippen LogP contribution in [0, 0.1) is 13.8 Å². The third-order valence-electron chi connectivity index (χ3n) is 5.49. The summed E-state index contributed by atoms with van der Waals surface area (Å²) in [5.41, 5.74) is 1.67. The number of sulfonamides is 1. The average molecular weight is 495 g/mol. The Hall–Kier alpha value is -2.34. The van der Waals surface area contributed by atoms with Gasteiger partial charge in [-0.15, -0.1) is 10.2 Å². The molecule has 3 aromatic rings. The van der Waals surface area contributed by atoms with Crippen molar-refractivity contribution in [2.45, 2.75) is 37.5 Å². The van der Waals surface area contributed by atoms with Gasteiger partial charge >= 0.3 is 0 Å². The van der Waals surface area contributed by atoms with Crippen molar-refractivity contribution in [3.05, 3.63) is 50.7 Å². The van der Waals surface area contributed by atoms with Crippen molar-refractivity contribution >= 4 is 44.6 Å². The number of amides is 1. The van der Waals surface area contributed by atoms with Gasteiger partial charge in [-0.05, 0) is 44.9 Å². The van der Waals surface area contributed by atoms with Crippen LogP contribution in [0.5, 0.6) is 0 Å². The standard InChI is InChI=1S/C20H23ClN6O3S2/c1-12-17(13(2)26(3)25-12)32(29,30)27-9-5-6-14(11-27)19-23-24-20(31-19)18(28)22-16-8-4-7-15(21)10-16/h4,7-8,10,14H,5-6,9,11H2,1-3H3,(H,22,28). The molecular formula is C20H23ClN6O3S2. The van der Waals surface area contributed by atoms with Gasteiger partial charge in [0.05, 0.1) is 11.4 Å². The summed E-state index contributed by atoms with van der Waals surface area (Å²) in [4.78, 5) is 12.8. The number of hydrogen-bond acceptors (Lipinski definition) is 7. The second kappa shape index (κ2) is 8.89. The van der Waals surface area contributed by atoms with Gasteiger partial charge in [0.15, 0.2) is 0 Å². The first-order chi connectivity index (χ1) is 15.2. The summed E-state index contributed by atoms with van der Waals surface area (Å²) in [6.07, 6.45) is 1.48. The Bertz CT molecular complexity index is 1270. The molecule has 1 amide bonds. The van der Waals surface area contributed by atoms with Crippen LogP contribution < -0.4 is 5.32 Å². The molecule has 1 atom stereocenters. The highest BCUT2D eigenvalue weighted by Gasteiger charge is 2.35. The molecule has 0 aliphatic carbocycles. The smallest absolute Gasteiger partial charge is 0.286 e. The minimum absolute atomic E-state index is 0.124. The second-order valence-corrected chi connectivity index (χ2v) is 11.1. The molecule has 9 nitrogen and oxygen atoms in total.